The number of halogens is 1. The van der Waals surface area contributed by atoms with Crippen LogP contribution in [0.5, 0.6) is 0 Å². The van der Waals surface area contributed by atoms with E-state index in [2.05, 4.69) is 10.2 Å². The Morgan fingerprint density at radius 2 is 2.26 bits per heavy atom. The lowest BCUT2D eigenvalue weighted by Gasteiger charge is -2.10. The summed E-state index contributed by atoms with van der Waals surface area (Å²) in [5.74, 6) is -1.44. The predicted octanol–water partition coefficient (Wildman–Crippen LogP) is 1.47. The second kappa shape index (κ2) is 5.27. The fraction of sp³-hybridized carbons (Fsp3) is 0.182. The molecule has 100 valence electrons. The number of hydrogen-bond donors (Lipinski definition) is 2. The van der Waals surface area contributed by atoms with Gasteiger partial charge in [0.15, 0.2) is 5.16 Å². The van der Waals surface area contributed by atoms with Gasteiger partial charge >= 0.3 is 5.97 Å². The SMILES string of the molecule is Cc1c(F)cccc1-n1c(N)nnc1SCC(=O)O. The zero-order valence-electron chi connectivity index (χ0n) is 10.00. The molecule has 19 heavy (non-hydrogen) atoms. The minimum atomic E-state index is -0.978. The van der Waals surface area contributed by atoms with Crippen molar-refractivity contribution < 1.29 is 14.3 Å². The van der Waals surface area contributed by atoms with Crippen molar-refractivity contribution in [2.45, 2.75) is 12.1 Å². The van der Waals surface area contributed by atoms with Gasteiger partial charge in [-0.2, -0.15) is 0 Å². The zero-order chi connectivity index (χ0) is 14.0. The molecule has 0 spiro atoms. The summed E-state index contributed by atoms with van der Waals surface area (Å²) < 4.78 is 15.0. The number of nitrogens with zero attached hydrogens (tertiary/aromatic N) is 3. The van der Waals surface area contributed by atoms with Crippen LogP contribution in [0.2, 0.25) is 0 Å². The number of carboxylic acids is 1. The molecule has 0 saturated carbocycles. The third-order valence-corrected chi connectivity index (χ3v) is 3.38. The van der Waals surface area contributed by atoms with E-state index in [4.69, 9.17) is 10.8 Å². The molecule has 0 amide bonds. The van der Waals surface area contributed by atoms with E-state index in [0.717, 1.165) is 11.8 Å². The standard InChI is InChI=1S/C11H11FN4O2S/c1-6-7(12)3-2-4-8(6)16-10(13)14-15-11(16)19-5-9(17)18/h2-4H,5H2,1H3,(H2,13,14)(H,17,18). The van der Waals surface area contributed by atoms with Crippen molar-refractivity contribution in [3.05, 3.63) is 29.6 Å². The smallest absolute Gasteiger partial charge is 0.313 e. The molecule has 2 aromatic rings. The van der Waals surface area contributed by atoms with Crippen molar-refractivity contribution in [1.29, 1.82) is 0 Å². The third-order valence-electron chi connectivity index (χ3n) is 2.46. The molecule has 1 aromatic heterocycles. The first kappa shape index (κ1) is 13.3. The number of carboxylic acid groups (broad SMARTS) is 1. The van der Waals surface area contributed by atoms with Crippen LogP contribution in [0.1, 0.15) is 5.56 Å². The lowest BCUT2D eigenvalue weighted by molar-refractivity contribution is -0.133. The van der Waals surface area contributed by atoms with Crippen molar-refractivity contribution in [2.75, 3.05) is 11.5 Å². The first-order valence-electron chi connectivity index (χ1n) is 5.31. The van der Waals surface area contributed by atoms with Gasteiger partial charge in [0.05, 0.1) is 11.4 Å². The van der Waals surface area contributed by atoms with Crippen LogP contribution in [-0.2, 0) is 4.79 Å². The second-order valence-corrected chi connectivity index (χ2v) is 4.69. The molecular formula is C11H11FN4O2S. The van der Waals surface area contributed by atoms with Crippen molar-refractivity contribution in [2.24, 2.45) is 0 Å². The molecule has 0 fully saturated rings. The highest BCUT2D eigenvalue weighted by Crippen LogP contribution is 2.26. The van der Waals surface area contributed by atoms with Gasteiger partial charge < -0.3 is 10.8 Å². The van der Waals surface area contributed by atoms with Gasteiger partial charge in [-0.1, -0.05) is 17.8 Å². The van der Waals surface area contributed by atoms with Gasteiger partial charge in [0.1, 0.15) is 5.82 Å². The second-order valence-electron chi connectivity index (χ2n) is 3.74. The number of thioether (sulfide) groups is 1. The number of carbonyl (C=O) groups is 1. The fourth-order valence-electron chi connectivity index (χ4n) is 1.57. The van der Waals surface area contributed by atoms with Crippen LogP contribution < -0.4 is 5.73 Å². The maximum atomic E-state index is 13.6. The summed E-state index contributed by atoms with van der Waals surface area (Å²) in [5.41, 5.74) is 6.60. The first-order valence-corrected chi connectivity index (χ1v) is 6.30. The van der Waals surface area contributed by atoms with Crippen LogP contribution in [-0.4, -0.2) is 31.6 Å². The highest BCUT2D eigenvalue weighted by molar-refractivity contribution is 7.99. The van der Waals surface area contributed by atoms with Gasteiger partial charge in [0.25, 0.3) is 0 Å². The molecule has 1 aromatic carbocycles. The van der Waals surface area contributed by atoms with Crippen LogP contribution >= 0.6 is 11.8 Å². The van der Waals surface area contributed by atoms with Crippen molar-refractivity contribution >= 4 is 23.7 Å². The maximum Gasteiger partial charge on any atom is 0.313 e. The number of hydrogen-bond acceptors (Lipinski definition) is 5. The van der Waals surface area contributed by atoms with E-state index in [1.807, 2.05) is 0 Å². The van der Waals surface area contributed by atoms with E-state index in [9.17, 15) is 9.18 Å². The fourth-order valence-corrected chi connectivity index (χ4v) is 2.24. The largest absolute Gasteiger partial charge is 0.481 e. The Morgan fingerprint density at radius 3 is 2.95 bits per heavy atom. The topological polar surface area (TPSA) is 94.0 Å². The number of nitrogens with two attached hydrogens (primary N) is 1. The Bertz CT molecular complexity index is 629. The minimum Gasteiger partial charge on any atom is -0.481 e. The highest BCUT2D eigenvalue weighted by Gasteiger charge is 2.16. The molecule has 0 radical (unpaired) electrons. The van der Waals surface area contributed by atoms with E-state index in [1.165, 1.54) is 10.6 Å². The lowest BCUT2D eigenvalue weighted by Crippen LogP contribution is -2.06. The quantitative estimate of drug-likeness (QED) is 0.825. The Morgan fingerprint density at radius 1 is 1.53 bits per heavy atom. The summed E-state index contributed by atoms with van der Waals surface area (Å²) in [6.07, 6.45) is 0. The van der Waals surface area contributed by atoms with Gasteiger partial charge in [0, 0.05) is 5.56 Å². The van der Waals surface area contributed by atoms with E-state index in [-0.39, 0.29) is 17.5 Å². The Balaban J connectivity index is 2.46. The molecule has 0 aliphatic heterocycles. The molecule has 0 unspecified atom stereocenters. The molecule has 0 atom stereocenters. The first-order chi connectivity index (χ1) is 9.00. The number of benzene rings is 1. The predicted molar refractivity (Wildman–Crippen MR) is 68.8 cm³/mol. The van der Waals surface area contributed by atoms with Crippen LogP contribution in [0.3, 0.4) is 0 Å². The molecular weight excluding hydrogens is 271 g/mol. The van der Waals surface area contributed by atoms with Crippen LogP contribution in [0.25, 0.3) is 5.69 Å². The van der Waals surface area contributed by atoms with Crippen molar-refractivity contribution in [3.8, 4) is 5.69 Å². The number of rotatable bonds is 4. The summed E-state index contributed by atoms with van der Waals surface area (Å²) in [6, 6.07) is 4.55. The van der Waals surface area contributed by atoms with Crippen LogP contribution in [0.4, 0.5) is 10.3 Å². The molecule has 0 bridgehead atoms. The van der Waals surface area contributed by atoms with Crippen LogP contribution in [0, 0.1) is 12.7 Å². The minimum absolute atomic E-state index is 0.0848. The third kappa shape index (κ3) is 2.68. The molecule has 0 aliphatic rings. The molecule has 1 heterocycles. The Kier molecular flexibility index (Phi) is 3.70. The molecule has 8 heteroatoms. The van der Waals surface area contributed by atoms with Crippen LogP contribution in [0.15, 0.2) is 23.4 Å². The Hall–Kier alpha value is -2.09. The van der Waals surface area contributed by atoms with E-state index < -0.39 is 5.97 Å². The van der Waals surface area contributed by atoms with E-state index in [0.29, 0.717) is 16.4 Å². The molecule has 3 N–H and O–H groups in total. The highest BCUT2D eigenvalue weighted by atomic mass is 32.2. The Labute approximate surface area is 112 Å². The number of aliphatic carboxylic acids is 1. The van der Waals surface area contributed by atoms with Gasteiger partial charge in [0.2, 0.25) is 5.95 Å². The number of nitrogen functional groups attached to an aromatic ring is 1. The zero-order valence-corrected chi connectivity index (χ0v) is 10.8. The van der Waals surface area contributed by atoms with Crippen molar-refractivity contribution in [1.82, 2.24) is 14.8 Å². The van der Waals surface area contributed by atoms with Gasteiger partial charge in [-0.25, -0.2) is 4.39 Å². The van der Waals surface area contributed by atoms with E-state index in [1.54, 1.807) is 19.1 Å². The van der Waals surface area contributed by atoms with E-state index >= 15 is 0 Å². The monoisotopic (exact) mass is 282 g/mol. The van der Waals surface area contributed by atoms with Gasteiger partial charge in [-0.05, 0) is 19.1 Å². The van der Waals surface area contributed by atoms with Gasteiger partial charge in [-0.3, -0.25) is 9.36 Å². The average molecular weight is 282 g/mol. The molecule has 0 aliphatic carbocycles. The van der Waals surface area contributed by atoms with Crippen molar-refractivity contribution in [3.63, 3.8) is 0 Å². The number of anilines is 1. The molecule has 0 saturated heterocycles. The summed E-state index contributed by atoms with van der Waals surface area (Å²) in [5, 5.41) is 16.5. The summed E-state index contributed by atoms with van der Waals surface area (Å²) in [4.78, 5) is 10.6. The average Bonchev–Trinajstić information content (AvgIpc) is 2.72. The lowest BCUT2D eigenvalue weighted by atomic mass is 10.2. The molecule has 6 nitrogen and oxygen atoms in total. The van der Waals surface area contributed by atoms with Gasteiger partial charge in [-0.15, -0.1) is 10.2 Å². The number of aromatic nitrogens is 3. The molecule has 2 rings (SSSR count). The maximum absolute atomic E-state index is 13.6. The summed E-state index contributed by atoms with van der Waals surface area (Å²) in [7, 11) is 0. The summed E-state index contributed by atoms with van der Waals surface area (Å²) >= 11 is 0.973. The normalized spacial score (nSPS) is 10.6. The summed E-state index contributed by atoms with van der Waals surface area (Å²) in [6.45, 7) is 1.61.